The minimum Gasteiger partial charge on any atom is -0.394 e. The number of aromatic amines is 1. The molecule has 0 spiro atoms. The lowest BCUT2D eigenvalue weighted by atomic mass is 10.0. The Balaban J connectivity index is 1.56. The SMILES string of the molecule is Cc1cc(-c2n[nH]c3ccc(-c4ccn(C(CO)c5cc(Cl)ccc5F)c(=O)c4)cc23)ccn1. The third-order valence-corrected chi connectivity index (χ3v) is 6.08. The molecule has 0 radical (unpaired) electrons. The molecule has 34 heavy (non-hydrogen) atoms. The summed E-state index contributed by atoms with van der Waals surface area (Å²) in [5.41, 5.74) is 4.83. The average molecular weight is 475 g/mol. The lowest BCUT2D eigenvalue weighted by Gasteiger charge is -2.19. The molecular formula is C26H20ClFN4O2. The summed E-state index contributed by atoms with van der Waals surface area (Å²) in [5, 5.41) is 18.7. The number of hydrogen-bond donors (Lipinski definition) is 2. The Labute approximate surface area is 199 Å². The lowest BCUT2D eigenvalue weighted by Crippen LogP contribution is -2.27. The van der Waals surface area contributed by atoms with E-state index < -0.39 is 18.5 Å². The number of aliphatic hydroxyl groups excluding tert-OH is 1. The van der Waals surface area contributed by atoms with Crippen LogP contribution < -0.4 is 5.56 Å². The molecule has 0 aliphatic rings. The number of H-pyrrole nitrogens is 1. The second kappa shape index (κ2) is 8.85. The molecule has 5 rings (SSSR count). The Kier molecular flexibility index (Phi) is 5.73. The van der Waals surface area contributed by atoms with Gasteiger partial charge in [0, 0.05) is 45.7 Å². The summed E-state index contributed by atoms with van der Waals surface area (Å²) in [4.78, 5) is 17.2. The fraction of sp³-hybridized carbons (Fsp3) is 0.115. The second-order valence-corrected chi connectivity index (χ2v) is 8.48. The quantitative estimate of drug-likeness (QED) is 0.369. The minimum atomic E-state index is -0.891. The number of fused-ring (bicyclic) bond motifs is 1. The van der Waals surface area contributed by atoms with Gasteiger partial charge >= 0.3 is 0 Å². The van der Waals surface area contributed by atoms with Gasteiger partial charge in [-0.1, -0.05) is 17.7 Å². The number of nitrogens with zero attached hydrogens (tertiary/aromatic N) is 3. The molecule has 3 heterocycles. The first-order chi connectivity index (χ1) is 16.4. The van der Waals surface area contributed by atoms with Crippen LogP contribution in [0.5, 0.6) is 0 Å². The van der Waals surface area contributed by atoms with Crippen LogP contribution in [0.15, 0.2) is 77.9 Å². The molecule has 0 saturated heterocycles. The largest absolute Gasteiger partial charge is 0.394 e. The van der Waals surface area contributed by atoms with E-state index in [4.69, 9.17) is 11.6 Å². The monoisotopic (exact) mass is 474 g/mol. The van der Waals surface area contributed by atoms with Gasteiger partial charge in [-0.2, -0.15) is 5.10 Å². The van der Waals surface area contributed by atoms with E-state index in [0.29, 0.717) is 10.6 Å². The number of aliphatic hydroxyl groups is 1. The topological polar surface area (TPSA) is 83.8 Å². The van der Waals surface area contributed by atoms with Crippen LogP contribution in [-0.2, 0) is 0 Å². The van der Waals surface area contributed by atoms with Crippen molar-refractivity contribution in [2.24, 2.45) is 0 Å². The molecule has 0 amide bonds. The molecular weight excluding hydrogens is 455 g/mol. The lowest BCUT2D eigenvalue weighted by molar-refractivity contribution is 0.244. The zero-order valence-electron chi connectivity index (χ0n) is 18.2. The zero-order chi connectivity index (χ0) is 23.8. The summed E-state index contributed by atoms with van der Waals surface area (Å²) in [5.74, 6) is -0.538. The summed E-state index contributed by atoms with van der Waals surface area (Å²) in [6.45, 7) is 1.47. The van der Waals surface area contributed by atoms with Crippen LogP contribution in [0.1, 0.15) is 17.3 Å². The van der Waals surface area contributed by atoms with Gasteiger partial charge in [-0.15, -0.1) is 0 Å². The highest BCUT2D eigenvalue weighted by atomic mass is 35.5. The van der Waals surface area contributed by atoms with Crippen LogP contribution in [0.4, 0.5) is 4.39 Å². The number of halogens is 2. The smallest absolute Gasteiger partial charge is 0.251 e. The normalized spacial score (nSPS) is 12.2. The number of rotatable bonds is 5. The fourth-order valence-corrected chi connectivity index (χ4v) is 4.32. The van der Waals surface area contributed by atoms with Gasteiger partial charge < -0.3 is 9.67 Å². The molecule has 3 aromatic heterocycles. The summed E-state index contributed by atoms with van der Waals surface area (Å²) in [7, 11) is 0. The molecule has 0 aliphatic carbocycles. The molecule has 2 aromatic carbocycles. The first kappa shape index (κ1) is 22.0. The molecule has 5 aromatic rings. The predicted octanol–water partition coefficient (Wildman–Crippen LogP) is 5.14. The molecule has 0 saturated carbocycles. The summed E-state index contributed by atoms with van der Waals surface area (Å²) in [6, 6.07) is 16.1. The van der Waals surface area contributed by atoms with Gasteiger partial charge in [-0.05, 0) is 66.6 Å². The van der Waals surface area contributed by atoms with Crippen LogP contribution in [0.2, 0.25) is 5.02 Å². The van der Waals surface area contributed by atoms with Gasteiger partial charge in [-0.3, -0.25) is 14.9 Å². The predicted molar refractivity (Wildman–Crippen MR) is 130 cm³/mol. The molecule has 1 unspecified atom stereocenters. The maximum Gasteiger partial charge on any atom is 0.251 e. The van der Waals surface area contributed by atoms with Crippen LogP contribution in [0.3, 0.4) is 0 Å². The van der Waals surface area contributed by atoms with Crippen LogP contribution in [0, 0.1) is 12.7 Å². The maximum atomic E-state index is 14.4. The van der Waals surface area contributed by atoms with Crippen molar-refractivity contribution in [1.29, 1.82) is 0 Å². The van der Waals surface area contributed by atoms with Gasteiger partial charge in [0.05, 0.1) is 18.2 Å². The first-order valence-electron chi connectivity index (χ1n) is 10.6. The Hall–Kier alpha value is -3.81. The van der Waals surface area contributed by atoms with E-state index >= 15 is 0 Å². The molecule has 0 aliphatic heterocycles. The van der Waals surface area contributed by atoms with Crippen molar-refractivity contribution < 1.29 is 9.50 Å². The Morgan fingerprint density at radius 3 is 2.65 bits per heavy atom. The number of hydrogen-bond acceptors (Lipinski definition) is 4. The van der Waals surface area contributed by atoms with E-state index in [1.54, 1.807) is 18.5 Å². The van der Waals surface area contributed by atoms with Crippen molar-refractivity contribution in [3.63, 3.8) is 0 Å². The zero-order valence-corrected chi connectivity index (χ0v) is 18.9. The van der Waals surface area contributed by atoms with E-state index in [0.717, 1.165) is 33.4 Å². The summed E-state index contributed by atoms with van der Waals surface area (Å²) < 4.78 is 15.7. The van der Waals surface area contributed by atoms with Crippen molar-refractivity contribution in [3.8, 4) is 22.4 Å². The summed E-state index contributed by atoms with van der Waals surface area (Å²) in [6.07, 6.45) is 3.31. The Bertz CT molecular complexity index is 1580. The third-order valence-electron chi connectivity index (χ3n) is 5.84. The van der Waals surface area contributed by atoms with E-state index in [1.165, 1.54) is 28.8 Å². The van der Waals surface area contributed by atoms with Crippen molar-refractivity contribution in [3.05, 3.63) is 106 Å². The third kappa shape index (κ3) is 4.00. The highest BCUT2D eigenvalue weighted by molar-refractivity contribution is 6.30. The van der Waals surface area contributed by atoms with E-state index in [-0.39, 0.29) is 11.1 Å². The van der Waals surface area contributed by atoms with Crippen molar-refractivity contribution in [2.45, 2.75) is 13.0 Å². The van der Waals surface area contributed by atoms with E-state index in [2.05, 4.69) is 15.2 Å². The van der Waals surface area contributed by atoms with Crippen molar-refractivity contribution >= 4 is 22.5 Å². The van der Waals surface area contributed by atoms with Crippen LogP contribution >= 0.6 is 11.6 Å². The highest BCUT2D eigenvalue weighted by Crippen LogP contribution is 2.31. The fourth-order valence-electron chi connectivity index (χ4n) is 4.14. The molecule has 6 nitrogen and oxygen atoms in total. The molecule has 0 fully saturated rings. The molecule has 1 atom stereocenters. The van der Waals surface area contributed by atoms with Crippen molar-refractivity contribution in [1.82, 2.24) is 19.7 Å². The van der Waals surface area contributed by atoms with Gasteiger partial charge in [0.2, 0.25) is 0 Å². The molecule has 8 heteroatoms. The number of nitrogens with one attached hydrogen (secondary N) is 1. The highest BCUT2D eigenvalue weighted by Gasteiger charge is 2.19. The van der Waals surface area contributed by atoms with Crippen LogP contribution in [0.25, 0.3) is 33.3 Å². The molecule has 2 N–H and O–H groups in total. The minimum absolute atomic E-state index is 0.155. The second-order valence-electron chi connectivity index (χ2n) is 8.04. The van der Waals surface area contributed by atoms with E-state index in [1.807, 2.05) is 37.3 Å². The van der Waals surface area contributed by atoms with Gasteiger partial charge in [0.25, 0.3) is 5.56 Å². The summed E-state index contributed by atoms with van der Waals surface area (Å²) >= 11 is 6.01. The number of aromatic nitrogens is 4. The Morgan fingerprint density at radius 1 is 1.06 bits per heavy atom. The maximum absolute atomic E-state index is 14.4. The average Bonchev–Trinajstić information content (AvgIpc) is 3.26. The molecule has 0 bridgehead atoms. The van der Waals surface area contributed by atoms with Gasteiger partial charge in [0.1, 0.15) is 11.5 Å². The Morgan fingerprint density at radius 2 is 1.88 bits per heavy atom. The van der Waals surface area contributed by atoms with Crippen molar-refractivity contribution in [2.75, 3.05) is 6.61 Å². The van der Waals surface area contributed by atoms with Gasteiger partial charge in [0.15, 0.2) is 0 Å². The number of aryl methyl sites for hydroxylation is 1. The molecule has 170 valence electrons. The van der Waals surface area contributed by atoms with Gasteiger partial charge in [-0.25, -0.2) is 4.39 Å². The van der Waals surface area contributed by atoms with Crippen LogP contribution in [-0.4, -0.2) is 31.5 Å². The number of pyridine rings is 2. The van der Waals surface area contributed by atoms with E-state index in [9.17, 15) is 14.3 Å². The number of benzene rings is 2. The first-order valence-corrected chi connectivity index (χ1v) is 11.0. The standard InChI is InChI=1S/C26H20ClFN4O2/c1-15-10-18(6-8-29-15)26-21-11-16(2-5-23(21)30-31-26)17-7-9-32(25(34)12-17)24(14-33)20-13-19(27)3-4-22(20)28/h2-13,24,33H,14H2,1H3,(H,30,31).